The van der Waals surface area contributed by atoms with E-state index in [0.717, 1.165) is 22.2 Å². The predicted octanol–water partition coefficient (Wildman–Crippen LogP) is 4.43. The number of hydrogen-bond donors (Lipinski definition) is 1. The van der Waals surface area contributed by atoms with E-state index in [1.54, 1.807) is 18.8 Å². The zero-order valence-electron chi connectivity index (χ0n) is 14.7. The highest BCUT2D eigenvalue weighted by atomic mass is 16.5. The largest absolute Gasteiger partial charge is 0.493 e. The minimum atomic E-state index is -0.131. The smallest absolute Gasteiger partial charge is 0.222 e. The summed E-state index contributed by atoms with van der Waals surface area (Å²) in [6, 6.07) is 9.30. The Bertz CT molecular complexity index is 960. The van der Waals surface area contributed by atoms with Crippen LogP contribution in [0.2, 0.25) is 0 Å². The van der Waals surface area contributed by atoms with Gasteiger partial charge in [0.05, 0.1) is 26.3 Å². The molecule has 1 aromatic heterocycles. The van der Waals surface area contributed by atoms with Gasteiger partial charge in [0.2, 0.25) is 5.88 Å². The lowest BCUT2D eigenvalue weighted by molar-refractivity contribution is 0.354. The number of nitroso groups, excluding NO2 is 1. The summed E-state index contributed by atoms with van der Waals surface area (Å²) in [6.07, 6.45) is 0. The van der Waals surface area contributed by atoms with Crippen LogP contribution >= 0.6 is 0 Å². The van der Waals surface area contributed by atoms with Crippen molar-refractivity contribution in [3.8, 4) is 17.4 Å². The van der Waals surface area contributed by atoms with Gasteiger partial charge in [-0.15, -0.1) is 4.91 Å². The molecule has 0 aliphatic heterocycles. The van der Waals surface area contributed by atoms with Crippen molar-refractivity contribution in [3.05, 3.63) is 51.9 Å². The molecular weight excluding hydrogens is 320 g/mol. The Morgan fingerprint density at radius 1 is 1.08 bits per heavy atom. The second-order valence-corrected chi connectivity index (χ2v) is 5.94. The predicted molar refractivity (Wildman–Crippen MR) is 97.2 cm³/mol. The Hall–Kier alpha value is -3.02. The molecule has 0 fully saturated rings. The van der Waals surface area contributed by atoms with Gasteiger partial charge >= 0.3 is 0 Å². The van der Waals surface area contributed by atoms with E-state index in [9.17, 15) is 10.0 Å². The highest BCUT2D eigenvalue weighted by Crippen LogP contribution is 2.41. The Morgan fingerprint density at radius 3 is 2.44 bits per heavy atom. The van der Waals surface area contributed by atoms with E-state index >= 15 is 0 Å². The molecule has 2 aromatic carbocycles. The minimum Gasteiger partial charge on any atom is -0.493 e. The van der Waals surface area contributed by atoms with Gasteiger partial charge in [-0.05, 0) is 47.8 Å². The number of fused-ring (bicyclic) bond motifs is 1. The van der Waals surface area contributed by atoms with Gasteiger partial charge < -0.3 is 19.1 Å². The average Bonchev–Trinajstić information content (AvgIpc) is 2.89. The average molecular weight is 340 g/mol. The quantitative estimate of drug-likeness (QED) is 0.698. The first-order valence-electron chi connectivity index (χ1n) is 7.87. The number of aromatic hydroxyl groups is 1. The lowest BCUT2D eigenvalue weighted by Gasteiger charge is -2.13. The summed E-state index contributed by atoms with van der Waals surface area (Å²) in [4.78, 5) is 11.2. The molecule has 0 atom stereocenters. The number of methoxy groups -OCH3 is 2. The molecule has 0 spiro atoms. The highest BCUT2D eigenvalue weighted by molar-refractivity contribution is 5.97. The van der Waals surface area contributed by atoms with E-state index in [2.05, 4.69) is 5.18 Å². The van der Waals surface area contributed by atoms with E-state index < -0.39 is 0 Å². The molecule has 3 aromatic rings. The number of rotatable bonds is 5. The molecule has 6 heteroatoms. The van der Waals surface area contributed by atoms with Crippen LogP contribution in [0.15, 0.2) is 35.5 Å². The van der Waals surface area contributed by atoms with Crippen molar-refractivity contribution in [1.29, 1.82) is 0 Å². The Balaban J connectivity index is 2.18. The fraction of sp³-hybridized carbons (Fsp3) is 0.263. The third-order valence-electron chi connectivity index (χ3n) is 4.57. The van der Waals surface area contributed by atoms with E-state index in [0.29, 0.717) is 23.4 Å². The first-order chi connectivity index (χ1) is 12.0. The molecule has 25 heavy (non-hydrogen) atoms. The molecule has 0 amide bonds. The summed E-state index contributed by atoms with van der Waals surface area (Å²) < 4.78 is 12.3. The molecule has 1 N–H and O–H groups in total. The first kappa shape index (κ1) is 16.8. The molecule has 0 radical (unpaired) electrons. The molecule has 130 valence electrons. The molecule has 0 unspecified atom stereocenters. The van der Waals surface area contributed by atoms with Crippen molar-refractivity contribution in [1.82, 2.24) is 4.57 Å². The Labute approximate surface area is 145 Å². The first-order valence-corrected chi connectivity index (χ1v) is 7.87. The van der Waals surface area contributed by atoms with Gasteiger partial charge in [-0.2, -0.15) is 0 Å². The van der Waals surface area contributed by atoms with Crippen molar-refractivity contribution in [3.63, 3.8) is 0 Å². The van der Waals surface area contributed by atoms with Crippen LogP contribution in [0.1, 0.15) is 16.7 Å². The summed E-state index contributed by atoms with van der Waals surface area (Å²) in [5.41, 5.74) is 3.86. The maximum atomic E-state index is 11.2. The molecule has 0 saturated carbocycles. The summed E-state index contributed by atoms with van der Waals surface area (Å²) in [5.74, 6) is 1.11. The number of nitrogens with zero attached hydrogens (tertiary/aromatic N) is 2. The van der Waals surface area contributed by atoms with Gasteiger partial charge in [0.1, 0.15) is 0 Å². The Morgan fingerprint density at radius 2 is 1.80 bits per heavy atom. The van der Waals surface area contributed by atoms with Gasteiger partial charge in [0.25, 0.3) is 0 Å². The lowest BCUT2D eigenvalue weighted by atomic mass is 10.1. The van der Waals surface area contributed by atoms with E-state index in [1.165, 1.54) is 0 Å². The summed E-state index contributed by atoms with van der Waals surface area (Å²) in [6.45, 7) is 4.34. The van der Waals surface area contributed by atoms with Gasteiger partial charge in [-0.1, -0.05) is 18.2 Å². The molecule has 6 nitrogen and oxygen atoms in total. The van der Waals surface area contributed by atoms with Crippen LogP contribution in [0.25, 0.3) is 10.9 Å². The van der Waals surface area contributed by atoms with Crippen molar-refractivity contribution < 1.29 is 14.6 Å². The monoisotopic (exact) mass is 340 g/mol. The van der Waals surface area contributed by atoms with Gasteiger partial charge in [-0.3, -0.25) is 0 Å². The summed E-state index contributed by atoms with van der Waals surface area (Å²) in [7, 11) is 3.16. The van der Waals surface area contributed by atoms with Gasteiger partial charge in [-0.25, -0.2) is 0 Å². The van der Waals surface area contributed by atoms with Crippen molar-refractivity contribution in [2.75, 3.05) is 14.2 Å². The summed E-state index contributed by atoms with van der Waals surface area (Å²) in [5, 5.41) is 14.2. The number of ether oxygens (including phenoxy) is 2. The van der Waals surface area contributed by atoms with Crippen LogP contribution in [-0.2, 0) is 6.54 Å². The number of benzene rings is 2. The molecule has 0 bridgehead atoms. The summed E-state index contributed by atoms with van der Waals surface area (Å²) >= 11 is 0. The minimum absolute atomic E-state index is 0.0681. The van der Waals surface area contributed by atoms with Crippen LogP contribution in [-0.4, -0.2) is 23.9 Å². The van der Waals surface area contributed by atoms with Crippen LogP contribution in [0, 0.1) is 18.8 Å². The third kappa shape index (κ3) is 2.69. The standard InChI is InChI=1S/C19H20N2O4/c1-11-5-7-14-17(20-23)19(22)21(18(14)12(11)2)10-13-6-8-15(24-3)16(9-13)25-4/h5-9,22H,10H2,1-4H3. The van der Waals surface area contributed by atoms with E-state index in [4.69, 9.17) is 9.47 Å². The second kappa shape index (κ2) is 6.47. The highest BCUT2D eigenvalue weighted by Gasteiger charge is 2.20. The van der Waals surface area contributed by atoms with E-state index in [-0.39, 0.29) is 11.6 Å². The van der Waals surface area contributed by atoms with Crippen LogP contribution in [0.3, 0.4) is 0 Å². The molecule has 0 saturated heterocycles. The topological polar surface area (TPSA) is 73.0 Å². The van der Waals surface area contributed by atoms with Gasteiger partial charge in [0.15, 0.2) is 17.2 Å². The molecule has 0 aliphatic carbocycles. The maximum Gasteiger partial charge on any atom is 0.222 e. The van der Waals surface area contributed by atoms with Crippen molar-refractivity contribution in [2.45, 2.75) is 20.4 Å². The maximum absolute atomic E-state index is 11.2. The Kier molecular flexibility index (Phi) is 4.35. The van der Waals surface area contributed by atoms with Crippen LogP contribution < -0.4 is 9.47 Å². The van der Waals surface area contributed by atoms with Gasteiger partial charge in [0, 0.05) is 5.39 Å². The lowest BCUT2D eigenvalue weighted by Crippen LogP contribution is -2.01. The SMILES string of the molecule is COc1ccc(Cn2c(O)c(N=O)c3ccc(C)c(C)c32)cc1OC. The molecule has 1 heterocycles. The zero-order valence-corrected chi connectivity index (χ0v) is 14.7. The number of aromatic nitrogens is 1. The van der Waals surface area contributed by atoms with Crippen molar-refractivity contribution >= 4 is 16.6 Å². The number of aryl methyl sites for hydroxylation is 2. The normalized spacial score (nSPS) is 10.9. The van der Waals surface area contributed by atoms with Crippen LogP contribution in [0.4, 0.5) is 5.69 Å². The van der Waals surface area contributed by atoms with Crippen molar-refractivity contribution in [2.24, 2.45) is 5.18 Å². The fourth-order valence-electron chi connectivity index (χ4n) is 3.10. The molecular formula is C19H20N2O4. The second-order valence-electron chi connectivity index (χ2n) is 5.94. The number of hydrogen-bond acceptors (Lipinski definition) is 5. The van der Waals surface area contributed by atoms with Crippen LogP contribution in [0.5, 0.6) is 17.4 Å². The fourth-order valence-corrected chi connectivity index (χ4v) is 3.10. The molecule has 3 rings (SSSR count). The third-order valence-corrected chi connectivity index (χ3v) is 4.57. The zero-order chi connectivity index (χ0) is 18.1. The molecule has 0 aliphatic rings. The van der Waals surface area contributed by atoms with E-state index in [1.807, 2.05) is 44.2 Å².